The smallest absolute Gasteiger partial charge is 0.276 e. The number of nitriles is 1. The normalized spacial score (nSPS) is 21.3. The van der Waals surface area contributed by atoms with E-state index >= 15 is 0 Å². The van der Waals surface area contributed by atoms with Crippen LogP contribution < -0.4 is 0 Å². The largest absolute Gasteiger partial charge is 0.332 e. The molecular weight excluding hydrogens is 356 g/mol. The molecule has 0 bridgehead atoms. The fourth-order valence-electron chi connectivity index (χ4n) is 3.07. The molecule has 0 spiro atoms. The van der Waals surface area contributed by atoms with Gasteiger partial charge in [0.25, 0.3) is 5.91 Å². The highest BCUT2D eigenvalue weighted by Gasteiger charge is 2.40. The van der Waals surface area contributed by atoms with Crippen LogP contribution in [0.2, 0.25) is 0 Å². The number of benzene rings is 1. The Kier molecular flexibility index (Phi) is 4.76. The number of carbonyl (C=O) groups is 1. The Hall–Kier alpha value is -2.77. The molecule has 2 aromatic rings. The van der Waals surface area contributed by atoms with Crippen molar-refractivity contribution in [2.75, 3.05) is 13.1 Å². The number of rotatable bonds is 3. The van der Waals surface area contributed by atoms with E-state index in [4.69, 9.17) is 0 Å². The van der Waals surface area contributed by atoms with Crippen molar-refractivity contribution in [1.82, 2.24) is 24.6 Å². The van der Waals surface area contributed by atoms with Crippen molar-refractivity contribution in [3.63, 3.8) is 0 Å². The van der Waals surface area contributed by atoms with E-state index in [0.29, 0.717) is 0 Å². The van der Waals surface area contributed by atoms with Crippen LogP contribution >= 0.6 is 0 Å². The maximum Gasteiger partial charge on any atom is 0.276 e. The molecule has 0 aliphatic carbocycles. The average molecular weight is 374 g/mol. The fourth-order valence-corrected chi connectivity index (χ4v) is 4.92. The van der Waals surface area contributed by atoms with Crippen LogP contribution in [-0.4, -0.2) is 64.1 Å². The SMILES string of the molecule is C[C@@H]1CN(C(=O)c2cn[nH]n2)[C@@H](C)CN1S(=O)(=O)c1ccccc1C#N. The second-order valence-corrected chi connectivity index (χ2v) is 8.05. The molecule has 9 nitrogen and oxygen atoms in total. The van der Waals surface area contributed by atoms with Crippen molar-refractivity contribution in [3.8, 4) is 6.07 Å². The zero-order valence-corrected chi connectivity index (χ0v) is 15.1. The highest BCUT2D eigenvalue weighted by Crippen LogP contribution is 2.26. The first-order valence-corrected chi connectivity index (χ1v) is 9.48. The van der Waals surface area contributed by atoms with E-state index in [2.05, 4.69) is 15.4 Å². The Bertz CT molecular complexity index is 951. The Morgan fingerprint density at radius 2 is 2.00 bits per heavy atom. The number of piperazine rings is 1. The lowest BCUT2D eigenvalue weighted by atomic mass is 10.1. The van der Waals surface area contributed by atoms with E-state index in [1.54, 1.807) is 30.9 Å². The molecule has 1 aliphatic heterocycles. The van der Waals surface area contributed by atoms with Crippen molar-refractivity contribution >= 4 is 15.9 Å². The molecule has 10 heteroatoms. The lowest BCUT2D eigenvalue weighted by molar-refractivity contribution is 0.0501. The Labute approximate surface area is 151 Å². The monoisotopic (exact) mass is 374 g/mol. The Morgan fingerprint density at radius 3 is 2.65 bits per heavy atom. The average Bonchev–Trinajstić information content (AvgIpc) is 3.17. The number of amides is 1. The topological polar surface area (TPSA) is 123 Å². The Morgan fingerprint density at radius 1 is 1.27 bits per heavy atom. The van der Waals surface area contributed by atoms with E-state index < -0.39 is 16.1 Å². The van der Waals surface area contributed by atoms with Crippen molar-refractivity contribution in [1.29, 1.82) is 5.26 Å². The highest BCUT2D eigenvalue weighted by atomic mass is 32.2. The third-order valence-electron chi connectivity index (χ3n) is 4.42. The van der Waals surface area contributed by atoms with Gasteiger partial charge in [0.15, 0.2) is 5.69 Å². The molecule has 1 saturated heterocycles. The van der Waals surface area contributed by atoms with Gasteiger partial charge in [-0.2, -0.15) is 25.0 Å². The molecule has 3 rings (SSSR count). The number of H-pyrrole nitrogens is 1. The quantitative estimate of drug-likeness (QED) is 0.839. The van der Waals surface area contributed by atoms with Crippen molar-refractivity contribution in [2.45, 2.75) is 30.8 Å². The van der Waals surface area contributed by atoms with Gasteiger partial charge in [-0.05, 0) is 26.0 Å². The van der Waals surface area contributed by atoms with E-state index in [9.17, 15) is 18.5 Å². The number of nitrogens with one attached hydrogen (secondary N) is 1. The fraction of sp³-hybridized carbons (Fsp3) is 0.375. The van der Waals surface area contributed by atoms with E-state index in [0.717, 1.165) is 0 Å². The number of hydrogen-bond acceptors (Lipinski definition) is 6. The summed E-state index contributed by atoms with van der Waals surface area (Å²) in [5, 5.41) is 19.0. The minimum absolute atomic E-state index is 0.0159. The van der Waals surface area contributed by atoms with Gasteiger partial charge in [-0.25, -0.2) is 8.42 Å². The molecular formula is C16H18N6O3S. The van der Waals surface area contributed by atoms with E-state index in [1.807, 2.05) is 6.07 Å². The maximum atomic E-state index is 13.1. The van der Waals surface area contributed by atoms with Crippen molar-refractivity contribution < 1.29 is 13.2 Å². The molecule has 1 aromatic heterocycles. The predicted octanol–water partition coefficient (Wildman–Crippen LogP) is 0.600. The zero-order chi connectivity index (χ0) is 18.9. The van der Waals surface area contributed by atoms with Crippen LogP contribution in [0, 0.1) is 11.3 Å². The van der Waals surface area contributed by atoms with Gasteiger partial charge >= 0.3 is 0 Å². The summed E-state index contributed by atoms with van der Waals surface area (Å²) in [5.74, 6) is -0.299. The van der Waals surface area contributed by atoms with Gasteiger partial charge in [0, 0.05) is 25.2 Å². The molecule has 0 saturated carbocycles. The maximum absolute atomic E-state index is 13.1. The molecule has 1 N–H and O–H groups in total. The van der Waals surface area contributed by atoms with Crippen LogP contribution in [0.1, 0.15) is 29.9 Å². The van der Waals surface area contributed by atoms with Gasteiger partial charge < -0.3 is 4.90 Å². The zero-order valence-electron chi connectivity index (χ0n) is 14.3. The molecule has 136 valence electrons. The predicted molar refractivity (Wildman–Crippen MR) is 91.4 cm³/mol. The summed E-state index contributed by atoms with van der Waals surface area (Å²) >= 11 is 0. The molecule has 1 aromatic carbocycles. The first kappa shape index (κ1) is 18.0. The molecule has 0 unspecified atom stereocenters. The number of nitrogens with zero attached hydrogens (tertiary/aromatic N) is 5. The summed E-state index contributed by atoms with van der Waals surface area (Å²) < 4.78 is 27.5. The minimum Gasteiger partial charge on any atom is -0.332 e. The van der Waals surface area contributed by atoms with Gasteiger partial charge in [-0.3, -0.25) is 4.79 Å². The minimum atomic E-state index is -3.85. The molecule has 2 heterocycles. The summed E-state index contributed by atoms with van der Waals surface area (Å²) in [7, 11) is -3.85. The van der Waals surface area contributed by atoms with Gasteiger partial charge in [0.1, 0.15) is 6.07 Å². The molecule has 1 aliphatic rings. The molecule has 1 fully saturated rings. The summed E-state index contributed by atoms with van der Waals surface area (Å²) in [4.78, 5) is 14.1. The Balaban J connectivity index is 1.88. The van der Waals surface area contributed by atoms with Crippen LogP contribution in [0.25, 0.3) is 0 Å². The van der Waals surface area contributed by atoms with Crippen molar-refractivity contribution in [3.05, 3.63) is 41.7 Å². The van der Waals surface area contributed by atoms with Crippen LogP contribution in [0.5, 0.6) is 0 Å². The third kappa shape index (κ3) is 3.07. The van der Waals surface area contributed by atoms with Gasteiger partial charge in [0.05, 0.1) is 16.7 Å². The first-order chi connectivity index (χ1) is 12.4. The number of hydrogen-bond donors (Lipinski definition) is 1. The van der Waals surface area contributed by atoms with Crippen LogP contribution in [0.4, 0.5) is 0 Å². The number of aromatic amines is 1. The summed E-state index contributed by atoms with van der Waals surface area (Å²) in [5.41, 5.74) is 0.295. The first-order valence-electron chi connectivity index (χ1n) is 8.04. The number of sulfonamides is 1. The van der Waals surface area contributed by atoms with Crippen molar-refractivity contribution in [2.24, 2.45) is 0 Å². The number of carbonyl (C=O) groups excluding carboxylic acids is 1. The third-order valence-corrected chi connectivity index (χ3v) is 6.46. The van der Waals surface area contributed by atoms with Gasteiger partial charge in [-0.1, -0.05) is 12.1 Å². The molecule has 1 amide bonds. The van der Waals surface area contributed by atoms with E-state index in [-0.39, 0.29) is 41.2 Å². The standard InChI is InChI=1S/C16H18N6O3S/c1-11-10-22(26(24,25)15-6-4-3-5-13(15)7-17)12(2)9-21(11)16(23)14-8-18-20-19-14/h3-6,8,11-12H,9-10H2,1-2H3,(H,18,19,20)/t11-,12+/m0/s1. The van der Waals surface area contributed by atoms with Gasteiger partial charge in [0.2, 0.25) is 10.0 Å². The van der Waals surface area contributed by atoms with Crippen LogP contribution in [0.3, 0.4) is 0 Å². The summed E-state index contributed by atoms with van der Waals surface area (Å²) in [6, 6.07) is 7.25. The highest BCUT2D eigenvalue weighted by molar-refractivity contribution is 7.89. The molecule has 2 atom stereocenters. The lowest BCUT2D eigenvalue weighted by Crippen LogP contribution is -2.59. The lowest BCUT2D eigenvalue weighted by Gasteiger charge is -2.43. The van der Waals surface area contributed by atoms with E-state index in [1.165, 1.54) is 22.6 Å². The second kappa shape index (κ2) is 6.86. The van der Waals surface area contributed by atoms with Gasteiger partial charge in [-0.15, -0.1) is 0 Å². The van der Waals surface area contributed by atoms with Crippen LogP contribution in [-0.2, 0) is 10.0 Å². The summed E-state index contributed by atoms with van der Waals surface area (Å²) in [6.45, 7) is 3.87. The summed E-state index contributed by atoms with van der Waals surface area (Å²) in [6.07, 6.45) is 1.34. The number of aromatic nitrogens is 3. The second-order valence-electron chi connectivity index (χ2n) is 6.19. The molecule has 26 heavy (non-hydrogen) atoms. The molecule has 0 radical (unpaired) electrons. The van der Waals surface area contributed by atoms with Crippen LogP contribution in [0.15, 0.2) is 35.4 Å².